The van der Waals surface area contributed by atoms with Gasteiger partial charge in [0.1, 0.15) is 15.2 Å². The quantitative estimate of drug-likeness (QED) is 0.888. The van der Waals surface area contributed by atoms with Gasteiger partial charge in [0.15, 0.2) is 5.82 Å². The molecule has 14 heavy (non-hydrogen) atoms. The zero-order valence-electron chi connectivity index (χ0n) is 7.16. The van der Waals surface area contributed by atoms with Crippen LogP contribution in [0.25, 0.3) is 0 Å². The SMILES string of the molecule is CC(Nc1ncc(Br)nc1Br)C(=O)O. The summed E-state index contributed by atoms with van der Waals surface area (Å²) in [6.45, 7) is 1.53. The van der Waals surface area contributed by atoms with Crippen LogP contribution in [0.5, 0.6) is 0 Å². The molecule has 1 heterocycles. The molecule has 0 bridgehead atoms. The lowest BCUT2D eigenvalue weighted by Gasteiger charge is -2.10. The molecule has 1 unspecified atom stereocenters. The van der Waals surface area contributed by atoms with Crippen molar-refractivity contribution in [1.82, 2.24) is 9.97 Å². The van der Waals surface area contributed by atoms with Gasteiger partial charge in [-0.2, -0.15) is 0 Å². The van der Waals surface area contributed by atoms with Gasteiger partial charge in [0, 0.05) is 0 Å². The van der Waals surface area contributed by atoms with Gasteiger partial charge in [-0.1, -0.05) is 0 Å². The predicted molar refractivity (Wildman–Crippen MR) is 58.2 cm³/mol. The van der Waals surface area contributed by atoms with Gasteiger partial charge in [-0.05, 0) is 38.8 Å². The Morgan fingerprint density at radius 1 is 1.64 bits per heavy atom. The van der Waals surface area contributed by atoms with E-state index in [0.29, 0.717) is 15.0 Å². The van der Waals surface area contributed by atoms with Crippen LogP contribution >= 0.6 is 31.9 Å². The van der Waals surface area contributed by atoms with Crippen molar-refractivity contribution < 1.29 is 9.90 Å². The molecule has 0 saturated carbocycles. The third-order valence-corrected chi connectivity index (χ3v) is 2.36. The van der Waals surface area contributed by atoms with Crippen molar-refractivity contribution in [3.8, 4) is 0 Å². The normalized spacial score (nSPS) is 12.2. The number of nitrogens with zero attached hydrogens (tertiary/aromatic N) is 2. The van der Waals surface area contributed by atoms with Gasteiger partial charge >= 0.3 is 5.97 Å². The molecule has 0 aliphatic carbocycles. The van der Waals surface area contributed by atoms with E-state index in [-0.39, 0.29) is 0 Å². The Labute approximate surface area is 97.2 Å². The van der Waals surface area contributed by atoms with Crippen LogP contribution in [0, 0.1) is 0 Å². The Morgan fingerprint density at radius 3 is 2.79 bits per heavy atom. The van der Waals surface area contributed by atoms with Crippen molar-refractivity contribution >= 4 is 43.6 Å². The molecular weight excluding hydrogens is 318 g/mol. The van der Waals surface area contributed by atoms with E-state index in [0.717, 1.165) is 0 Å². The second kappa shape index (κ2) is 4.70. The third-order valence-electron chi connectivity index (χ3n) is 1.42. The number of aromatic nitrogens is 2. The number of carbonyl (C=O) groups is 1. The van der Waals surface area contributed by atoms with Gasteiger partial charge in [-0.25, -0.2) is 9.97 Å². The van der Waals surface area contributed by atoms with Crippen molar-refractivity contribution in [2.75, 3.05) is 5.32 Å². The highest BCUT2D eigenvalue weighted by molar-refractivity contribution is 9.11. The highest BCUT2D eigenvalue weighted by Gasteiger charge is 2.13. The smallest absolute Gasteiger partial charge is 0.325 e. The highest BCUT2D eigenvalue weighted by atomic mass is 79.9. The summed E-state index contributed by atoms with van der Waals surface area (Å²) in [4.78, 5) is 18.5. The molecule has 1 atom stereocenters. The number of carboxylic acid groups (broad SMARTS) is 1. The van der Waals surface area contributed by atoms with Gasteiger partial charge in [0.25, 0.3) is 0 Å². The molecule has 0 aliphatic heterocycles. The van der Waals surface area contributed by atoms with Crippen LogP contribution in [-0.2, 0) is 4.79 Å². The lowest BCUT2D eigenvalue weighted by atomic mass is 10.3. The van der Waals surface area contributed by atoms with Crippen molar-refractivity contribution in [2.45, 2.75) is 13.0 Å². The molecular formula is C7H7Br2N3O2. The molecule has 2 N–H and O–H groups in total. The zero-order chi connectivity index (χ0) is 10.7. The van der Waals surface area contributed by atoms with E-state index >= 15 is 0 Å². The summed E-state index contributed by atoms with van der Waals surface area (Å²) in [6, 6.07) is -0.707. The summed E-state index contributed by atoms with van der Waals surface area (Å²) >= 11 is 6.31. The van der Waals surface area contributed by atoms with Gasteiger partial charge < -0.3 is 10.4 Å². The maximum Gasteiger partial charge on any atom is 0.325 e. The molecule has 76 valence electrons. The summed E-state index contributed by atoms with van der Waals surface area (Å²) in [5, 5.41) is 11.3. The largest absolute Gasteiger partial charge is 0.480 e. The minimum atomic E-state index is -0.943. The first-order chi connectivity index (χ1) is 6.50. The number of aliphatic carboxylic acids is 1. The van der Waals surface area contributed by atoms with E-state index in [2.05, 4.69) is 47.1 Å². The molecule has 0 amide bonds. The van der Waals surface area contributed by atoms with Crippen molar-refractivity contribution in [3.63, 3.8) is 0 Å². The van der Waals surface area contributed by atoms with Gasteiger partial charge in [-0.3, -0.25) is 4.79 Å². The molecule has 0 saturated heterocycles. The van der Waals surface area contributed by atoms with Crippen LogP contribution in [0.3, 0.4) is 0 Å². The first kappa shape index (κ1) is 11.4. The summed E-state index contributed by atoms with van der Waals surface area (Å²) in [5.41, 5.74) is 0. The Bertz CT molecular complexity index is 359. The molecule has 0 aliphatic rings. The zero-order valence-corrected chi connectivity index (χ0v) is 10.3. The first-order valence-electron chi connectivity index (χ1n) is 3.68. The number of hydrogen-bond donors (Lipinski definition) is 2. The number of carboxylic acids is 1. The van der Waals surface area contributed by atoms with E-state index in [1.165, 1.54) is 13.1 Å². The fourth-order valence-corrected chi connectivity index (χ4v) is 1.64. The molecule has 0 aromatic carbocycles. The molecule has 1 aromatic heterocycles. The number of rotatable bonds is 3. The van der Waals surface area contributed by atoms with Crippen LogP contribution in [0.2, 0.25) is 0 Å². The number of nitrogens with one attached hydrogen (secondary N) is 1. The predicted octanol–water partition coefficient (Wildman–Crippen LogP) is 1.89. The maximum atomic E-state index is 10.5. The summed E-state index contributed by atoms with van der Waals surface area (Å²) in [5.74, 6) is -0.537. The fourth-order valence-electron chi connectivity index (χ4n) is 0.710. The molecule has 1 rings (SSSR count). The van der Waals surface area contributed by atoms with Crippen LogP contribution in [0.4, 0.5) is 5.82 Å². The van der Waals surface area contributed by atoms with E-state index in [1.807, 2.05) is 0 Å². The minimum Gasteiger partial charge on any atom is -0.480 e. The van der Waals surface area contributed by atoms with E-state index in [9.17, 15) is 4.79 Å². The fraction of sp³-hybridized carbons (Fsp3) is 0.286. The first-order valence-corrected chi connectivity index (χ1v) is 5.26. The number of halogens is 2. The van der Waals surface area contributed by atoms with Crippen LogP contribution in [0.1, 0.15) is 6.92 Å². The monoisotopic (exact) mass is 323 g/mol. The van der Waals surface area contributed by atoms with Crippen molar-refractivity contribution in [1.29, 1.82) is 0 Å². The highest BCUT2D eigenvalue weighted by Crippen LogP contribution is 2.19. The van der Waals surface area contributed by atoms with Crippen molar-refractivity contribution in [2.24, 2.45) is 0 Å². The van der Waals surface area contributed by atoms with Gasteiger partial charge in [-0.15, -0.1) is 0 Å². The molecule has 0 fully saturated rings. The second-order valence-electron chi connectivity index (χ2n) is 2.54. The summed E-state index contributed by atoms with van der Waals surface area (Å²) < 4.78 is 1.05. The molecule has 7 heteroatoms. The third kappa shape index (κ3) is 2.91. The standard InChI is InChI=1S/C7H7Br2N3O2/c1-3(7(13)14)11-6-5(9)12-4(8)2-10-6/h2-3H,1H3,(H,10,11)(H,13,14). The van der Waals surface area contributed by atoms with Gasteiger partial charge in [0.2, 0.25) is 0 Å². The summed E-state index contributed by atoms with van der Waals surface area (Å²) in [7, 11) is 0. The molecule has 0 radical (unpaired) electrons. The maximum absolute atomic E-state index is 10.5. The number of anilines is 1. The van der Waals surface area contributed by atoms with Crippen LogP contribution in [-0.4, -0.2) is 27.1 Å². The van der Waals surface area contributed by atoms with Gasteiger partial charge in [0.05, 0.1) is 6.20 Å². The van der Waals surface area contributed by atoms with Crippen molar-refractivity contribution in [3.05, 3.63) is 15.4 Å². The topological polar surface area (TPSA) is 75.1 Å². The Hall–Kier alpha value is -0.690. The average molecular weight is 325 g/mol. The van der Waals surface area contributed by atoms with Crippen LogP contribution in [0.15, 0.2) is 15.4 Å². The summed E-state index contributed by atoms with van der Waals surface area (Å²) in [6.07, 6.45) is 1.49. The number of hydrogen-bond acceptors (Lipinski definition) is 4. The van der Waals surface area contributed by atoms with E-state index in [1.54, 1.807) is 0 Å². The molecule has 1 aromatic rings. The average Bonchev–Trinajstić information content (AvgIpc) is 2.09. The Morgan fingerprint density at radius 2 is 2.29 bits per heavy atom. The van der Waals surface area contributed by atoms with Crippen LogP contribution < -0.4 is 5.32 Å². The lowest BCUT2D eigenvalue weighted by molar-refractivity contribution is -0.137. The second-order valence-corrected chi connectivity index (χ2v) is 4.10. The minimum absolute atomic E-state index is 0.406. The molecule has 5 nitrogen and oxygen atoms in total. The molecule has 0 spiro atoms. The van der Waals surface area contributed by atoms with E-state index in [4.69, 9.17) is 5.11 Å². The lowest BCUT2D eigenvalue weighted by Crippen LogP contribution is -2.26. The Kier molecular flexibility index (Phi) is 3.82. The van der Waals surface area contributed by atoms with E-state index < -0.39 is 12.0 Å². The Balaban J connectivity index is 2.82.